The summed E-state index contributed by atoms with van der Waals surface area (Å²) in [6.07, 6.45) is 6.17. The molecule has 1 fully saturated rings. The fourth-order valence-electron chi connectivity index (χ4n) is 2.83. The van der Waals surface area contributed by atoms with E-state index in [1.807, 2.05) is 18.1 Å². The zero-order chi connectivity index (χ0) is 14.5. The zero-order valence-electron chi connectivity index (χ0n) is 12.8. The van der Waals surface area contributed by atoms with E-state index in [1.165, 1.54) is 13.0 Å². The second kappa shape index (κ2) is 6.88. The van der Waals surface area contributed by atoms with E-state index >= 15 is 0 Å². The Labute approximate surface area is 121 Å². The Morgan fingerprint density at radius 3 is 3.00 bits per heavy atom. The number of likely N-dealkylation sites (tertiary alicyclic amines) is 1. The SMILES string of the molecule is CC(C)N1CCC(CN(C)C(=O)CCc2cn[nH]c2)C1. The molecule has 1 aromatic heterocycles. The lowest BCUT2D eigenvalue weighted by Crippen LogP contribution is -2.34. The smallest absolute Gasteiger partial charge is 0.222 e. The first-order valence-corrected chi connectivity index (χ1v) is 7.52. The standard InChI is InChI=1S/C15H26N4O/c1-12(2)19-7-6-14(11-19)10-18(3)15(20)5-4-13-8-16-17-9-13/h8-9,12,14H,4-7,10-11H2,1-3H3,(H,16,17). The molecule has 5 heteroatoms. The van der Waals surface area contributed by atoms with Gasteiger partial charge in [-0.25, -0.2) is 0 Å². The first-order valence-electron chi connectivity index (χ1n) is 7.52. The minimum absolute atomic E-state index is 0.231. The number of H-pyrrole nitrogens is 1. The van der Waals surface area contributed by atoms with E-state index in [9.17, 15) is 4.79 Å². The molecule has 0 aliphatic carbocycles. The van der Waals surface area contributed by atoms with E-state index in [2.05, 4.69) is 28.9 Å². The number of aromatic amines is 1. The van der Waals surface area contributed by atoms with Crippen molar-refractivity contribution in [1.29, 1.82) is 0 Å². The van der Waals surface area contributed by atoms with E-state index in [0.717, 1.165) is 25.1 Å². The van der Waals surface area contributed by atoms with Gasteiger partial charge in [-0.05, 0) is 44.7 Å². The highest BCUT2D eigenvalue weighted by atomic mass is 16.2. The van der Waals surface area contributed by atoms with E-state index in [-0.39, 0.29) is 5.91 Å². The maximum absolute atomic E-state index is 12.1. The Morgan fingerprint density at radius 1 is 1.60 bits per heavy atom. The lowest BCUT2D eigenvalue weighted by Gasteiger charge is -2.23. The van der Waals surface area contributed by atoms with Crippen LogP contribution in [0.3, 0.4) is 0 Å². The molecule has 1 aromatic rings. The molecule has 0 saturated carbocycles. The van der Waals surface area contributed by atoms with E-state index in [0.29, 0.717) is 18.4 Å². The molecule has 2 heterocycles. The minimum atomic E-state index is 0.231. The molecular formula is C15H26N4O. The highest BCUT2D eigenvalue weighted by molar-refractivity contribution is 5.76. The second-order valence-corrected chi connectivity index (χ2v) is 6.12. The molecule has 1 aliphatic heterocycles. The van der Waals surface area contributed by atoms with Gasteiger partial charge in [-0.3, -0.25) is 9.89 Å². The average molecular weight is 278 g/mol. The van der Waals surface area contributed by atoms with Crippen LogP contribution < -0.4 is 0 Å². The van der Waals surface area contributed by atoms with Crippen LogP contribution in [0, 0.1) is 5.92 Å². The number of aromatic nitrogens is 2. The molecule has 0 spiro atoms. The van der Waals surface area contributed by atoms with Crippen molar-refractivity contribution in [3.05, 3.63) is 18.0 Å². The molecule has 0 aromatic carbocycles. The molecular weight excluding hydrogens is 252 g/mol. The molecule has 1 N–H and O–H groups in total. The summed E-state index contributed by atoms with van der Waals surface area (Å²) >= 11 is 0. The zero-order valence-corrected chi connectivity index (χ0v) is 12.8. The second-order valence-electron chi connectivity index (χ2n) is 6.12. The maximum Gasteiger partial charge on any atom is 0.222 e. The van der Waals surface area contributed by atoms with Crippen molar-refractivity contribution in [2.75, 3.05) is 26.7 Å². The summed E-state index contributed by atoms with van der Waals surface area (Å²) in [4.78, 5) is 16.5. The summed E-state index contributed by atoms with van der Waals surface area (Å²) in [6.45, 7) is 7.65. The molecule has 112 valence electrons. The first-order chi connectivity index (χ1) is 9.56. The number of nitrogens with zero attached hydrogens (tertiary/aromatic N) is 3. The van der Waals surface area contributed by atoms with Gasteiger partial charge in [-0.1, -0.05) is 0 Å². The lowest BCUT2D eigenvalue weighted by molar-refractivity contribution is -0.130. The summed E-state index contributed by atoms with van der Waals surface area (Å²) in [5, 5.41) is 6.67. The number of carbonyl (C=O) groups excluding carboxylic acids is 1. The molecule has 1 saturated heterocycles. The number of carbonyl (C=O) groups is 1. The fraction of sp³-hybridized carbons (Fsp3) is 0.733. The maximum atomic E-state index is 12.1. The van der Waals surface area contributed by atoms with Gasteiger partial charge in [0.2, 0.25) is 5.91 Å². The van der Waals surface area contributed by atoms with Crippen LogP contribution >= 0.6 is 0 Å². The number of aryl methyl sites for hydroxylation is 1. The number of hydrogen-bond donors (Lipinski definition) is 1. The lowest BCUT2D eigenvalue weighted by atomic mass is 10.1. The van der Waals surface area contributed by atoms with Gasteiger partial charge in [0, 0.05) is 38.8 Å². The Bertz CT molecular complexity index is 416. The predicted octanol–water partition coefficient (Wildman–Crippen LogP) is 1.53. The van der Waals surface area contributed by atoms with Crippen LogP contribution in [0.15, 0.2) is 12.4 Å². The van der Waals surface area contributed by atoms with Gasteiger partial charge < -0.3 is 9.80 Å². The third-order valence-corrected chi connectivity index (χ3v) is 4.19. The summed E-state index contributed by atoms with van der Waals surface area (Å²) in [6, 6.07) is 0.613. The summed E-state index contributed by atoms with van der Waals surface area (Å²) in [5.41, 5.74) is 1.10. The highest BCUT2D eigenvalue weighted by Gasteiger charge is 2.26. The average Bonchev–Trinajstić information content (AvgIpc) is 3.06. The van der Waals surface area contributed by atoms with Gasteiger partial charge in [0.15, 0.2) is 0 Å². The van der Waals surface area contributed by atoms with Gasteiger partial charge >= 0.3 is 0 Å². The van der Waals surface area contributed by atoms with Crippen molar-refractivity contribution in [3.63, 3.8) is 0 Å². The summed E-state index contributed by atoms with van der Waals surface area (Å²) in [7, 11) is 1.93. The third-order valence-electron chi connectivity index (χ3n) is 4.19. The number of amides is 1. The number of rotatable bonds is 6. The molecule has 1 aliphatic rings. The highest BCUT2D eigenvalue weighted by Crippen LogP contribution is 2.19. The van der Waals surface area contributed by atoms with Crippen molar-refractivity contribution in [1.82, 2.24) is 20.0 Å². The van der Waals surface area contributed by atoms with Crippen LogP contribution in [-0.4, -0.2) is 58.6 Å². The van der Waals surface area contributed by atoms with E-state index in [1.54, 1.807) is 6.20 Å². The molecule has 1 unspecified atom stereocenters. The molecule has 0 radical (unpaired) electrons. The van der Waals surface area contributed by atoms with Crippen LogP contribution in [0.5, 0.6) is 0 Å². The summed E-state index contributed by atoms with van der Waals surface area (Å²) < 4.78 is 0. The van der Waals surface area contributed by atoms with Crippen molar-refractivity contribution >= 4 is 5.91 Å². The monoisotopic (exact) mass is 278 g/mol. The van der Waals surface area contributed by atoms with Gasteiger partial charge in [0.25, 0.3) is 0 Å². The largest absolute Gasteiger partial charge is 0.345 e. The van der Waals surface area contributed by atoms with Crippen LogP contribution in [0.2, 0.25) is 0 Å². The normalized spacial score (nSPS) is 19.7. The minimum Gasteiger partial charge on any atom is -0.345 e. The molecule has 1 atom stereocenters. The molecule has 2 rings (SSSR count). The third kappa shape index (κ3) is 4.07. The first kappa shape index (κ1) is 15.0. The Hall–Kier alpha value is -1.36. The van der Waals surface area contributed by atoms with Crippen LogP contribution in [0.4, 0.5) is 0 Å². The van der Waals surface area contributed by atoms with Crippen LogP contribution in [-0.2, 0) is 11.2 Å². The summed E-state index contributed by atoms with van der Waals surface area (Å²) in [5.74, 6) is 0.856. The van der Waals surface area contributed by atoms with Crippen molar-refractivity contribution in [2.24, 2.45) is 5.92 Å². The van der Waals surface area contributed by atoms with Gasteiger partial charge in [0.1, 0.15) is 0 Å². The van der Waals surface area contributed by atoms with Crippen molar-refractivity contribution in [2.45, 2.75) is 39.2 Å². The number of nitrogens with one attached hydrogen (secondary N) is 1. The quantitative estimate of drug-likeness (QED) is 0.858. The molecule has 1 amide bonds. The van der Waals surface area contributed by atoms with Crippen LogP contribution in [0.25, 0.3) is 0 Å². The molecule has 5 nitrogen and oxygen atoms in total. The fourth-order valence-corrected chi connectivity index (χ4v) is 2.83. The molecule has 20 heavy (non-hydrogen) atoms. The molecule has 0 bridgehead atoms. The number of hydrogen-bond acceptors (Lipinski definition) is 3. The van der Waals surface area contributed by atoms with Crippen molar-refractivity contribution < 1.29 is 4.79 Å². The van der Waals surface area contributed by atoms with Gasteiger partial charge in [-0.15, -0.1) is 0 Å². The Kier molecular flexibility index (Phi) is 5.17. The van der Waals surface area contributed by atoms with Crippen molar-refractivity contribution in [3.8, 4) is 0 Å². The van der Waals surface area contributed by atoms with Gasteiger partial charge in [0.05, 0.1) is 6.20 Å². The predicted molar refractivity (Wildman–Crippen MR) is 79.4 cm³/mol. The van der Waals surface area contributed by atoms with Crippen LogP contribution in [0.1, 0.15) is 32.3 Å². The topological polar surface area (TPSA) is 52.2 Å². The van der Waals surface area contributed by atoms with E-state index < -0.39 is 0 Å². The van der Waals surface area contributed by atoms with Gasteiger partial charge in [-0.2, -0.15) is 5.10 Å². The Balaban J connectivity index is 1.71. The Morgan fingerprint density at radius 2 is 2.40 bits per heavy atom. The van der Waals surface area contributed by atoms with E-state index in [4.69, 9.17) is 0 Å².